The van der Waals surface area contributed by atoms with Crippen molar-refractivity contribution in [2.75, 3.05) is 26.2 Å². The van der Waals surface area contributed by atoms with Crippen molar-refractivity contribution >= 4 is 28.6 Å². The summed E-state index contributed by atoms with van der Waals surface area (Å²) in [6.45, 7) is 6.14. The van der Waals surface area contributed by atoms with E-state index in [4.69, 9.17) is 20.2 Å². The van der Waals surface area contributed by atoms with E-state index in [1.165, 1.54) is 11.8 Å². The number of methoxy groups -OCH3 is 2. The Morgan fingerprint density at radius 3 is 2.42 bits per heavy atom. The van der Waals surface area contributed by atoms with E-state index in [2.05, 4.69) is 10.1 Å². The van der Waals surface area contributed by atoms with Crippen molar-refractivity contribution < 1.29 is 9.47 Å². The van der Waals surface area contributed by atoms with Crippen LogP contribution in [0.5, 0.6) is 11.5 Å². The van der Waals surface area contributed by atoms with Crippen molar-refractivity contribution in [2.24, 2.45) is 0 Å². The maximum absolute atomic E-state index is 6.46. The number of thioether (sulfide) groups is 1. The molecule has 0 amide bonds. The van der Waals surface area contributed by atoms with Gasteiger partial charge >= 0.3 is 0 Å². The summed E-state index contributed by atoms with van der Waals surface area (Å²) in [5.41, 5.74) is 8.22. The van der Waals surface area contributed by atoms with E-state index in [0.29, 0.717) is 39.2 Å². The Morgan fingerprint density at radius 2 is 1.85 bits per heavy atom. The fraction of sp³-hybridized carbons (Fsp3) is 0.389. The molecule has 0 atom stereocenters. The van der Waals surface area contributed by atoms with Crippen molar-refractivity contribution in [2.45, 2.75) is 31.5 Å². The molecule has 0 unspecified atom stereocenters. The Bertz CT molecular complexity index is 962. The summed E-state index contributed by atoms with van der Waals surface area (Å²) in [6.07, 6.45) is 1.93. The molecule has 0 aliphatic carbocycles. The highest BCUT2D eigenvalue weighted by Crippen LogP contribution is 2.39. The van der Waals surface area contributed by atoms with Crippen LogP contribution in [-0.2, 0) is 5.54 Å². The molecule has 0 saturated heterocycles. The number of benzene rings is 1. The largest absolute Gasteiger partial charge is 0.497 e. The molecule has 7 nitrogen and oxygen atoms in total. The summed E-state index contributed by atoms with van der Waals surface area (Å²) in [5.74, 6) is 1.92. The molecule has 1 aromatic carbocycles. The van der Waals surface area contributed by atoms with E-state index in [0.717, 1.165) is 5.56 Å². The van der Waals surface area contributed by atoms with Crippen LogP contribution in [-0.4, -0.2) is 40.2 Å². The fourth-order valence-corrected chi connectivity index (χ4v) is 3.15. The quantitative estimate of drug-likeness (QED) is 0.552. The number of nitrogen functional groups attached to an aromatic ring is 1. The van der Waals surface area contributed by atoms with E-state index in [1.54, 1.807) is 18.9 Å². The molecule has 0 radical (unpaired) electrons. The molecule has 0 spiro atoms. The van der Waals surface area contributed by atoms with Crippen molar-refractivity contribution in [3.05, 3.63) is 18.2 Å². The molecule has 0 aliphatic heterocycles. The van der Waals surface area contributed by atoms with Crippen molar-refractivity contribution in [1.82, 2.24) is 19.7 Å². The third-order valence-corrected chi connectivity index (χ3v) is 4.58. The van der Waals surface area contributed by atoms with Gasteiger partial charge in [0.1, 0.15) is 17.3 Å². The molecule has 2 N–H and O–H groups in total. The Hall–Kier alpha value is -2.48. The van der Waals surface area contributed by atoms with Crippen LogP contribution in [0.2, 0.25) is 0 Å². The minimum Gasteiger partial charge on any atom is -0.497 e. The van der Waals surface area contributed by atoms with Crippen LogP contribution < -0.4 is 15.2 Å². The van der Waals surface area contributed by atoms with Gasteiger partial charge < -0.3 is 15.2 Å². The summed E-state index contributed by atoms with van der Waals surface area (Å²) in [4.78, 5) is 9.25. The smallest absolute Gasteiger partial charge is 0.190 e. The van der Waals surface area contributed by atoms with Crippen LogP contribution in [0.4, 0.5) is 5.82 Å². The van der Waals surface area contributed by atoms with Gasteiger partial charge in [-0.25, -0.2) is 14.6 Å². The van der Waals surface area contributed by atoms with Crippen LogP contribution >= 0.6 is 11.8 Å². The maximum Gasteiger partial charge on any atom is 0.190 e. The summed E-state index contributed by atoms with van der Waals surface area (Å²) < 4.78 is 12.7. The van der Waals surface area contributed by atoms with E-state index >= 15 is 0 Å². The van der Waals surface area contributed by atoms with E-state index in [-0.39, 0.29) is 5.54 Å². The molecule has 2 aromatic heterocycles. The second-order valence-electron chi connectivity index (χ2n) is 6.79. The number of hydrogen-bond acceptors (Lipinski definition) is 7. The molecule has 0 aliphatic rings. The van der Waals surface area contributed by atoms with Gasteiger partial charge in [-0.2, -0.15) is 0 Å². The standard InChI is InChI=1S/C18H23N5O2S/c1-18(2,3)23-15(19)13-14(20-17(26-6)21-16(13)22-23)11-9-10(24-4)7-8-12(11)25-5/h7-9H,19H2,1-6H3. The highest BCUT2D eigenvalue weighted by molar-refractivity contribution is 7.98. The lowest BCUT2D eigenvalue weighted by molar-refractivity contribution is 0.364. The van der Waals surface area contributed by atoms with Gasteiger partial charge in [0.2, 0.25) is 0 Å². The van der Waals surface area contributed by atoms with Crippen LogP contribution in [0.1, 0.15) is 20.8 Å². The zero-order valence-electron chi connectivity index (χ0n) is 15.8. The molecule has 0 fully saturated rings. The van der Waals surface area contributed by atoms with Gasteiger partial charge in [-0.1, -0.05) is 11.8 Å². The first-order valence-electron chi connectivity index (χ1n) is 8.13. The molecule has 0 saturated carbocycles. The summed E-state index contributed by atoms with van der Waals surface area (Å²) >= 11 is 1.45. The van der Waals surface area contributed by atoms with Gasteiger partial charge in [0.05, 0.1) is 30.8 Å². The minimum absolute atomic E-state index is 0.278. The van der Waals surface area contributed by atoms with Crippen molar-refractivity contribution in [3.8, 4) is 22.8 Å². The fourth-order valence-electron chi connectivity index (χ4n) is 2.79. The van der Waals surface area contributed by atoms with Crippen LogP contribution in [0.3, 0.4) is 0 Å². The second kappa shape index (κ2) is 6.68. The molecule has 0 bridgehead atoms. The van der Waals surface area contributed by atoms with E-state index < -0.39 is 0 Å². The maximum atomic E-state index is 6.46. The minimum atomic E-state index is -0.278. The molecule has 8 heteroatoms. The number of nitrogens with two attached hydrogens (primary N) is 1. The summed E-state index contributed by atoms with van der Waals surface area (Å²) in [7, 11) is 3.25. The Labute approximate surface area is 156 Å². The van der Waals surface area contributed by atoms with Gasteiger partial charge in [-0.05, 0) is 45.2 Å². The third kappa shape index (κ3) is 3.05. The Kier molecular flexibility index (Phi) is 4.70. The SMILES string of the molecule is COc1ccc(OC)c(-c2nc(SC)nc3nn(C(C)(C)C)c(N)c23)c1. The van der Waals surface area contributed by atoms with Crippen molar-refractivity contribution in [1.29, 1.82) is 0 Å². The lowest BCUT2D eigenvalue weighted by Gasteiger charge is -2.20. The first-order chi connectivity index (χ1) is 12.3. The van der Waals surface area contributed by atoms with Crippen LogP contribution in [0.15, 0.2) is 23.4 Å². The number of rotatable bonds is 4. The first kappa shape index (κ1) is 18.3. The highest BCUT2D eigenvalue weighted by atomic mass is 32.2. The molecular formula is C18H23N5O2S. The van der Waals surface area contributed by atoms with Crippen molar-refractivity contribution in [3.63, 3.8) is 0 Å². The monoisotopic (exact) mass is 373 g/mol. The van der Waals surface area contributed by atoms with Gasteiger partial charge in [0, 0.05) is 5.56 Å². The average molecular weight is 373 g/mol. The lowest BCUT2D eigenvalue weighted by atomic mass is 10.1. The van der Waals surface area contributed by atoms with Crippen LogP contribution in [0.25, 0.3) is 22.3 Å². The molecule has 3 aromatic rings. The molecule has 3 rings (SSSR count). The normalized spacial score (nSPS) is 11.8. The van der Waals surface area contributed by atoms with Gasteiger partial charge in [-0.15, -0.1) is 5.10 Å². The van der Waals surface area contributed by atoms with E-state index in [1.807, 2.05) is 45.2 Å². The highest BCUT2D eigenvalue weighted by Gasteiger charge is 2.25. The van der Waals surface area contributed by atoms with Gasteiger partial charge in [0.25, 0.3) is 0 Å². The predicted octanol–water partition coefficient (Wildman–Crippen LogP) is 3.57. The number of ether oxygens (including phenoxy) is 2. The number of nitrogens with zero attached hydrogens (tertiary/aromatic N) is 4. The second-order valence-corrected chi connectivity index (χ2v) is 7.56. The zero-order valence-corrected chi connectivity index (χ0v) is 16.6. The predicted molar refractivity (Wildman–Crippen MR) is 105 cm³/mol. The lowest BCUT2D eigenvalue weighted by Crippen LogP contribution is -2.24. The number of hydrogen-bond donors (Lipinski definition) is 1. The first-order valence-corrected chi connectivity index (χ1v) is 9.35. The van der Waals surface area contributed by atoms with Crippen LogP contribution in [0, 0.1) is 0 Å². The number of anilines is 1. The molecule has 138 valence electrons. The van der Waals surface area contributed by atoms with E-state index in [9.17, 15) is 0 Å². The average Bonchev–Trinajstić information content (AvgIpc) is 2.97. The molecule has 2 heterocycles. The molecule has 26 heavy (non-hydrogen) atoms. The topological polar surface area (TPSA) is 88.1 Å². The zero-order chi connectivity index (χ0) is 19.1. The number of fused-ring (bicyclic) bond motifs is 1. The molecular weight excluding hydrogens is 350 g/mol. The van der Waals surface area contributed by atoms with Gasteiger partial charge in [0.15, 0.2) is 10.8 Å². The van der Waals surface area contributed by atoms with Gasteiger partial charge in [-0.3, -0.25) is 0 Å². The number of aromatic nitrogens is 4. The Morgan fingerprint density at radius 1 is 1.12 bits per heavy atom. The third-order valence-electron chi connectivity index (χ3n) is 4.03. The Balaban J connectivity index is 2.40. The summed E-state index contributed by atoms with van der Waals surface area (Å²) in [5, 5.41) is 5.97. The summed E-state index contributed by atoms with van der Waals surface area (Å²) in [6, 6.07) is 5.59.